The predicted molar refractivity (Wildman–Crippen MR) is 105 cm³/mol. The standard InChI is InChI=1S/C20H29N5/c1-15(2)21-16(3)13-17(4)25-11-9-24(10-12-25)14-20-22-18-7-5-6-8-19(18)23-20/h5-8,13,17H,9-12,14H2,1-4H3,(H,22,23)/b16-13-. The highest BCUT2D eigenvalue weighted by Gasteiger charge is 2.20. The first-order chi connectivity index (χ1) is 12.0. The summed E-state index contributed by atoms with van der Waals surface area (Å²) in [7, 11) is 0. The number of hydrogen-bond acceptors (Lipinski definition) is 4. The van der Waals surface area contributed by atoms with Crippen LogP contribution in [-0.4, -0.2) is 57.7 Å². The molecule has 1 aliphatic heterocycles. The average Bonchev–Trinajstić information content (AvgIpc) is 2.96. The molecule has 25 heavy (non-hydrogen) atoms. The number of aromatic nitrogens is 2. The van der Waals surface area contributed by atoms with Crippen molar-refractivity contribution < 1.29 is 0 Å². The van der Waals surface area contributed by atoms with E-state index in [1.165, 1.54) is 0 Å². The van der Waals surface area contributed by atoms with E-state index in [1.807, 2.05) is 26.0 Å². The summed E-state index contributed by atoms with van der Waals surface area (Å²) in [5.41, 5.74) is 4.39. The number of allylic oxidation sites excluding steroid dienone is 1. The van der Waals surface area contributed by atoms with Gasteiger partial charge in [0.1, 0.15) is 5.82 Å². The van der Waals surface area contributed by atoms with E-state index in [1.54, 1.807) is 0 Å². The first-order valence-electron chi connectivity index (χ1n) is 9.11. The number of aromatic amines is 1. The third kappa shape index (κ3) is 4.77. The molecule has 0 spiro atoms. The number of para-hydroxylation sites is 2. The Bertz CT molecular complexity index is 728. The lowest BCUT2D eigenvalue weighted by Gasteiger charge is -2.36. The van der Waals surface area contributed by atoms with Crippen molar-refractivity contribution in [3.05, 3.63) is 41.9 Å². The zero-order valence-corrected chi connectivity index (χ0v) is 15.8. The molecular weight excluding hydrogens is 310 g/mol. The molecule has 0 aliphatic carbocycles. The summed E-state index contributed by atoms with van der Waals surface area (Å²) in [6.45, 7) is 13.6. The van der Waals surface area contributed by atoms with E-state index in [0.717, 1.165) is 61.0 Å². The summed E-state index contributed by atoms with van der Waals surface area (Å²) < 4.78 is 0. The molecule has 1 N–H and O–H groups in total. The third-order valence-electron chi connectivity index (χ3n) is 4.68. The van der Waals surface area contributed by atoms with E-state index < -0.39 is 0 Å². The number of nitrogens with one attached hydrogen (secondary N) is 1. The Morgan fingerprint density at radius 3 is 2.60 bits per heavy atom. The molecule has 134 valence electrons. The first-order valence-corrected chi connectivity index (χ1v) is 9.11. The van der Waals surface area contributed by atoms with Crippen molar-refractivity contribution in [2.75, 3.05) is 26.2 Å². The number of benzene rings is 1. The van der Waals surface area contributed by atoms with Gasteiger partial charge < -0.3 is 4.98 Å². The molecule has 0 bridgehead atoms. The summed E-state index contributed by atoms with van der Waals surface area (Å²) >= 11 is 0. The Kier molecular flexibility index (Phi) is 5.66. The minimum absolute atomic E-state index is 0.427. The van der Waals surface area contributed by atoms with Gasteiger partial charge in [-0.2, -0.15) is 0 Å². The lowest BCUT2D eigenvalue weighted by Crippen LogP contribution is -2.48. The van der Waals surface area contributed by atoms with Crippen LogP contribution in [0, 0.1) is 0 Å². The minimum Gasteiger partial charge on any atom is -0.341 e. The quantitative estimate of drug-likeness (QED) is 0.849. The van der Waals surface area contributed by atoms with Crippen molar-refractivity contribution >= 4 is 16.7 Å². The molecule has 0 radical (unpaired) electrons. The van der Waals surface area contributed by atoms with Crippen molar-refractivity contribution in [2.45, 2.75) is 40.3 Å². The number of nitrogens with zero attached hydrogens (tertiary/aromatic N) is 4. The first kappa shape index (κ1) is 17.8. The van der Waals surface area contributed by atoms with Gasteiger partial charge in [-0.25, -0.2) is 4.98 Å². The third-order valence-corrected chi connectivity index (χ3v) is 4.68. The molecule has 5 heteroatoms. The lowest BCUT2D eigenvalue weighted by molar-refractivity contribution is 0.110. The van der Waals surface area contributed by atoms with Gasteiger partial charge in [-0.15, -0.1) is 0 Å². The zero-order valence-electron chi connectivity index (χ0n) is 15.8. The molecule has 3 rings (SSSR count). The molecular formula is C20H29N5. The van der Waals surface area contributed by atoms with Crippen LogP contribution < -0.4 is 0 Å². The average molecular weight is 339 g/mol. The number of hydrogen-bond donors (Lipinski definition) is 1. The number of piperazine rings is 1. The van der Waals surface area contributed by atoms with Gasteiger partial charge in [0.2, 0.25) is 0 Å². The Balaban J connectivity index is 1.54. The number of imidazole rings is 1. The molecule has 0 saturated carbocycles. The molecule has 0 amide bonds. The van der Waals surface area contributed by atoms with E-state index in [0.29, 0.717) is 6.04 Å². The van der Waals surface area contributed by atoms with Crippen molar-refractivity contribution in [3.8, 4) is 0 Å². The molecule has 1 atom stereocenters. The predicted octanol–water partition coefficient (Wildman–Crippen LogP) is 3.45. The molecule has 2 aromatic rings. The van der Waals surface area contributed by atoms with Gasteiger partial charge in [0.05, 0.1) is 17.6 Å². The Hall–Kier alpha value is -1.98. The van der Waals surface area contributed by atoms with Gasteiger partial charge >= 0.3 is 0 Å². The van der Waals surface area contributed by atoms with Crippen LogP contribution in [0.4, 0.5) is 0 Å². The number of rotatable bonds is 5. The second kappa shape index (κ2) is 7.93. The van der Waals surface area contributed by atoms with E-state index >= 15 is 0 Å². The van der Waals surface area contributed by atoms with Crippen LogP contribution in [0.2, 0.25) is 0 Å². The summed E-state index contributed by atoms with van der Waals surface area (Å²) in [5, 5.41) is 0. The van der Waals surface area contributed by atoms with Gasteiger partial charge in [0, 0.05) is 43.6 Å². The number of H-pyrrole nitrogens is 1. The maximum Gasteiger partial charge on any atom is 0.121 e. The highest BCUT2D eigenvalue weighted by atomic mass is 15.3. The van der Waals surface area contributed by atoms with E-state index in [2.05, 4.69) is 51.8 Å². The Morgan fingerprint density at radius 1 is 1.20 bits per heavy atom. The molecule has 1 unspecified atom stereocenters. The fraction of sp³-hybridized carbons (Fsp3) is 0.500. The normalized spacial score (nSPS) is 18.5. The largest absolute Gasteiger partial charge is 0.341 e. The van der Waals surface area contributed by atoms with Crippen LogP contribution in [0.25, 0.3) is 11.0 Å². The second-order valence-electron chi connectivity index (χ2n) is 7.12. The van der Waals surface area contributed by atoms with Crippen LogP contribution >= 0.6 is 0 Å². The smallest absolute Gasteiger partial charge is 0.121 e. The molecule has 5 nitrogen and oxygen atoms in total. The van der Waals surface area contributed by atoms with Gasteiger partial charge in [-0.3, -0.25) is 14.8 Å². The number of aliphatic imine (C=N–C) groups is 1. The highest BCUT2D eigenvalue weighted by Crippen LogP contribution is 2.14. The van der Waals surface area contributed by atoms with Gasteiger partial charge in [-0.05, 0) is 45.9 Å². The minimum atomic E-state index is 0.427. The molecule has 1 aromatic heterocycles. The fourth-order valence-corrected chi connectivity index (χ4v) is 3.47. The van der Waals surface area contributed by atoms with Crippen LogP contribution in [0.15, 0.2) is 41.0 Å². The van der Waals surface area contributed by atoms with Gasteiger partial charge in [0.25, 0.3) is 0 Å². The van der Waals surface area contributed by atoms with Crippen molar-refractivity contribution in [3.63, 3.8) is 0 Å². The van der Waals surface area contributed by atoms with Crippen molar-refractivity contribution in [1.29, 1.82) is 0 Å². The molecule has 2 heterocycles. The zero-order chi connectivity index (χ0) is 17.8. The number of fused-ring (bicyclic) bond motifs is 1. The van der Waals surface area contributed by atoms with E-state index in [4.69, 9.17) is 4.98 Å². The summed E-state index contributed by atoms with van der Waals surface area (Å²) in [4.78, 5) is 17.7. The molecule has 1 fully saturated rings. The highest BCUT2D eigenvalue weighted by molar-refractivity contribution is 5.80. The summed E-state index contributed by atoms with van der Waals surface area (Å²) in [6.07, 6.45) is 2.27. The van der Waals surface area contributed by atoms with Crippen LogP contribution in [0.3, 0.4) is 0 Å². The topological polar surface area (TPSA) is 47.5 Å². The molecule has 1 aromatic carbocycles. The van der Waals surface area contributed by atoms with Gasteiger partial charge in [-0.1, -0.05) is 12.1 Å². The van der Waals surface area contributed by atoms with Crippen molar-refractivity contribution in [2.24, 2.45) is 4.99 Å². The van der Waals surface area contributed by atoms with Crippen LogP contribution in [-0.2, 0) is 6.54 Å². The monoisotopic (exact) mass is 339 g/mol. The van der Waals surface area contributed by atoms with Gasteiger partial charge in [0.15, 0.2) is 0 Å². The maximum atomic E-state index is 4.69. The lowest BCUT2D eigenvalue weighted by atomic mass is 10.2. The SMILES string of the molecule is CC(C)=N/C(C)=C\C(C)N1CCN(Cc2nc3ccccc3[nH]2)CC1. The second-order valence-corrected chi connectivity index (χ2v) is 7.12. The van der Waals surface area contributed by atoms with E-state index in [-0.39, 0.29) is 0 Å². The maximum absolute atomic E-state index is 4.69. The van der Waals surface area contributed by atoms with Crippen LogP contribution in [0.5, 0.6) is 0 Å². The summed E-state index contributed by atoms with van der Waals surface area (Å²) in [6, 6.07) is 8.65. The Labute approximate surface area is 150 Å². The Morgan fingerprint density at radius 2 is 1.92 bits per heavy atom. The molecule has 1 aliphatic rings. The van der Waals surface area contributed by atoms with E-state index in [9.17, 15) is 0 Å². The molecule has 1 saturated heterocycles. The van der Waals surface area contributed by atoms with Crippen molar-refractivity contribution in [1.82, 2.24) is 19.8 Å². The van der Waals surface area contributed by atoms with Crippen LogP contribution in [0.1, 0.15) is 33.5 Å². The summed E-state index contributed by atoms with van der Waals surface area (Å²) in [5.74, 6) is 1.06. The fourth-order valence-electron chi connectivity index (χ4n) is 3.47.